The van der Waals surface area contributed by atoms with Crippen LogP contribution in [0.1, 0.15) is 29.2 Å². The number of rotatable bonds is 8. The van der Waals surface area contributed by atoms with Crippen molar-refractivity contribution in [3.05, 3.63) is 83.0 Å². The summed E-state index contributed by atoms with van der Waals surface area (Å²) in [5.41, 5.74) is 4.05. The second-order valence-electron chi connectivity index (χ2n) is 9.09. The third-order valence-electron chi connectivity index (χ3n) is 6.91. The number of carbonyl (C=O) groups is 1. The Kier molecular flexibility index (Phi) is 7.23. The molecule has 2 aromatic heterocycles. The maximum Gasteiger partial charge on any atom is 0.329 e. The van der Waals surface area contributed by atoms with E-state index in [2.05, 4.69) is 10.3 Å². The van der Waals surface area contributed by atoms with Gasteiger partial charge in [0, 0.05) is 56.1 Å². The number of aromatic nitrogens is 3. The molecule has 0 radical (unpaired) electrons. The van der Waals surface area contributed by atoms with Gasteiger partial charge in [0.15, 0.2) is 0 Å². The van der Waals surface area contributed by atoms with Crippen LogP contribution in [0.25, 0.3) is 11.0 Å². The average Bonchev–Trinajstić information content (AvgIpc) is 3.22. The minimum atomic E-state index is -0.0689. The summed E-state index contributed by atoms with van der Waals surface area (Å²) in [6.07, 6.45) is 4.83. The number of para-hydroxylation sites is 2. The lowest BCUT2D eigenvalue weighted by atomic mass is 10.0. The zero-order valence-electron chi connectivity index (χ0n) is 21.1. The van der Waals surface area contributed by atoms with E-state index in [0.717, 1.165) is 22.4 Å². The van der Waals surface area contributed by atoms with E-state index in [0.29, 0.717) is 50.4 Å². The van der Waals surface area contributed by atoms with E-state index in [4.69, 9.17) is 9.47 Å². The number of piperidine rings is 1. The van der Waals surface area contributed by atoms with Crippen molar-refractivity contribution in [3.8, 4) is 5.75 Å². The smallest absolute Gasteiger partial charge is 0.329 e. The van der Waals surface area contributed by atoms with E-state index in [1.165, 1.54) is 0 Å². The number of nitrogens with one attached hydrogen (secondary N) is 1. The summed E-state index contributed by atoms with van der Waals surface area (Å²) in [7, 11) is 3.21. The zero-order chi connectivity index (χ0) is 25.8. The minimum Gasteiger partial charge on any atom is -0.496 e. The van der Waals surface area contributed by atoms with Gasteiger partial charge in [-0.25, -0.2) is 4.79 Å². The van der Waals surface area contributed by atoms with Crippen molar-refractivity contribution in [3.63, 3.8) is 0 Å². The van der Waals surface area contributed by atoms with E-state index in [9.17, 15) is 9.59 Å². The van der Waals surface area contributed by atoms with Crippen LogP contribution in [0.4, 0.5) is 11.4 Å². The number of ether oxygens (including phenoxy) is 2. The second kappa shape index (κ2) is 10.9. The van der Waals surface area contributed by atoms with Crippen LogP contribution in [-0.4, -0.2) is 58.8 Å². The highest BCUT2D eigenvalue weighted by atomic mass is 16.5. The third kappa shape index (κ3) is 4.95. The molecule has 0 bridgehead atoms. The number of anilines is 2. The first-order chi connectivity index (χ1) is 18.1. The van der Waals surface area contributed by atoms with Crippen LogP contribution in [0, 0.1) is 0 Å². The zero-order valence-corrected chi connectivity index (χ0v) is 21.1. The number of amides is 1. The summed E-state index contributed by atoms with van der Waals surface area (Å²) in [6, 6.07) is 17.1. The Labute approximate surface area is 215 Å². The Bertz CT molecular complexity index is 1440. The van der Waals surface area contributed by atoms with Gasteiger partial charge in [0.2, 0.25) is 0 Å². The third-order valence-corrected chi connectivity index (χ3v) is 6.91. The topological polar surface area (TPSA) is 90.6 Å². The number of hydrogen-bond donors (Lipinski definition) is 1. The van der Waals surface area contributed by atoms with E-state index in [1.807, 2.05) is 58.0 Å². The Hall–Kier alpha value is -4.11. The lowest BCUT2D eigenvalue weighted by molar-refractivity contribution is 0.0691. The Morgan fingerprint density at radius 2 is 1.73 bits per heavy atom. The summed E-state index contributed by atoms with van der Waals surface area (Å²) in [5, 5.41) is 3.30. The van der Waals surface area contributed by atoms with Crippen LogP contribution in [-0.2, 0) is 11.3 Å². The van der Waals surface area contributed by atoms with Gasteiger partial charge >= 0.3 is 5.69 Å². The lowest BCUT2D eigenvalue weighted by Gasteiger charge is -2.33. The number of nitrogens with zero attached hydrogens (tertiary/aromatic N) is 4. The molecule has 3 heterocycles. The number of benzene rings is 2. The highest BCUT2D eigenvalue weighted by Crippen LogP contribution is 2.30. The van der Waals surface area contributed by atoms with Gasteiger partial charge in [0.25, 0.3) is 5.91 Å². The van der Waals surface area contributed by atoms with Crippen molar-refractivity contribution in [1.29, 1.82) is 0 Å². The van der Waals surface area contributed by atoms with E-state index in [1.54, 1.807) is 37.2 Å². The van der Waals surface area contributed by atoms with Crippen LogP contribution in [0.15, 0.2) is 71.8 Å². The van der Waals surface area contributed by atoms with Crippen LogP contribution < -0.4 is 15.7 Å². The van der Waals surface area contributed by atoms with Crippen LogP contribution in [0.5, 0.6) is 5.75 Å². The molecular weight excluding hydrogens is 470 g/mol. The molecule has 192 valence electrons. The molecule has 1 amide bonds. The van der Waals surface area contributed by atoms with Crippen LogP contribution in [0.2, 0.25) is 0 Å². The fourth-order valence-electron chi connectivity index (χ4n) is 5.03. The quantitative estimate of drug-likeness (QED) is 0.391. The fraction of sp³-hybridized carbons (Fsp3) is 0.321. The van der Waals surface area contributed by atoms with Gasteiger partial charge in [-0.15, -0.1) is 0 Å². The Morgan fingerprint density at radius 3 is 2.43 bits per heavy atom. The fourth-order valence-corrected chi connectivity index (χ4v) is 5.03. The van der Waals surface area contributed by atoms with Crippen LogP contribution >= 0.6 is 0 Å². The maximum atomic E-state index is 13.4. The van der Waals surface area contributed by atoms with Crippen molar-refractivity contribution >= 4 is 28.3 Å². The predicted octanol–water partition coefficient (Wildman–Crippen LogP) is 4.07. The summed E-state index contributed by atoms with van der Waals surface area (Å²) in [6.45, 7) is 2.10. The first-order valence-electron chi connectivity index (χ1n) is 12.4. The van der Waals surface area contributed by atoms with Gasteiger partial charge in [-0.2, -0.15) is 0 Å². The molecule has 0 aliphatic carbocycles. The molecule has 1 saturated heterocycles. The number of methoxy groups -OCH3 is 2. The molecule has 5 rings (SSSR count). The van der Waals surface area contributed by atoms with Crippen molar-refractivity contribution in [2.24, 2.45) is 0 Å². The highest BCUT2D eigenvalue weighted by molar-refractivity contribution is 5.97. The molecule has 1 aliphatic rings. The first-order valence-corrected chi connectivity index (χ1v) is 12.4. The summed E-state index contributed by atoms with van der Waals surface area (Å²) < 4.78 is 14.5. The summed E-state index contributed by atoms with van der Waals surface area (Å²) in [5.74, 6) is 0.448. The number of pyridine rings is 1. The number of imidazole rings is 1. The van der Waals surface area contributed by atoms with Crippen molar-refractivity contribution in [2.75, 3.05) is 39.2 Å². The van der Waals surface area contributed by atoms with Crippen molar-refractivity contribution in [1.82, 2.24) is 19.0 Å². The van der Waals surface area contributed by atoms with Crippen molar-refractivity contribution in [2.45, 2.75) is 25.4 Å². The molecular formula is C28H31N5O4. The normalized spacial score (nSPS) is 14.2. The van der Waals surface area contributed by atoms with Gasteiger partial charge in [0.05, 0.1) is 36.9 Å². The minimum absolute atomic E-state index is 0.0259. The molecule has 2 aromatic carbocycles. The van der Waals surface area contributed by atoms with Gasteiger partial charge in [-0.05, 0) is 49.2 Å². The Morgan fingerprint density at radius 1 is 1.00 bits per heavy atom. The van der Waals surface area contributed by atoms with Gasteiger partial charge in [0.1, 0.15) is 5.75 Å². The number of fused-ring (bicyclic) bond motifs is 1. The molecule has 1 aliphatic heterocycles. The molecule has 0 spiro atoms. The van der Waals surface area contributed by atoms with Gasteiger partial charge in [-0.1, -0.05) is 12.1 Å². The molecule has 0 saturated carbocycles. The van der Waals surface area contributed by atoms with E-state index >= 15 is 0 Å². The number of carbonyl (C=O) groups excluding carboxylic acids is 1. The second-order valence-corrected chi connectivity index (χ2v) is 9.09. The summed E-state index contributed by atoms with van der Waals surface area (Å²) >= 11 is 0. The number of hydrogen-bond acceptors (Lipinski definition) is 6. The molecule has 9 heteroatoms. The summed E-state index contributed by atoms with van der Waals surface area (Å²) in [4.78, 5) is 32.6. The first kappa shape index (κ1) is 24.6. The highest BCUT2D eigenvalue weighted by Gasteiger charge is 2.29. The molecule has 0 atom stereocenters. The largest absolute Gasteiger partial charge is 0.496 e. The van der Waals surface area contributed by atoms with Crippen molar-refractivity contribution < 1.29 is 14.3 Å². The van der Waals surface area contributed by atoms with Gasteiger partial charge in [-0.3, -0.25) is 18.9 Å². The van der Waals surface area contributed by atoms with E-state index < -0.39 is 0 Å². The monoisotopic (exact) mass is 501 g/mol. The molecule has 1 N–H and O–H groups in total. The van der Waals surface area contributed by atoms with Gasteiger partial charge < -0.3 is 19.7 Å². The van der Waals surface area contributed by atoms with Crippen LogP contribution in [0.3, 0.4) is 0 Å². The van der Waals surface area contributed by atoms with E-state index in [-0.39, 0.29) is 17.6 Å². The standard InChI is InChI=1S/C28H31N5O4/c1-36-18-17-32-24-5-3-4-6-25(24)33(28(32)35)22-11-15-31(16-12-22)27(34)23-8-7-21(19-26(23)37-2)30-20-9-13-29-14-10-20/h3-10,13-14,19,22H,11-12,15-18H2,1-2H3,(H,29,30). The molecule has 0 unspecified atom stereocenters. The Balaban J connectivity index is 1.31. The SMILES string of the molecule is COCCn1c(=O)n(C2CCN(C(=O)c3ccc(Nc4ccncc4)cc3OC)CC2)c2ccccc21. The lowest BCUT2D eigenvalue weighted by Crippen LogP contribution is -2.41. The number of likely N-dealkylation sites (tertiary alicyclic amines) is 1. The predicted molar refractivity (Wildman–Crippen MR) is 143 cm³/mol. The maximum absolute atomic E-state index is 13.4. The molecule has 1 fully saturated rings. The molecule has 37 heavy (non-hydrogen) atoms. The average molecular weight is 502 g/mol. The molecule has 4 aromatic rings. The molecule has 9 nitrogen and oxygen atoms in total.